The molecule has 0 aromatic heterocycles. The summed E-state index contributed by atoms with van der Waals surface area (Å²) in [4.78, 5) is 0. The molecule has 0 aliphatic rings. The number of nitrogens with one attached hydrogen (secondary N) is 1. The number of benzene rings is 1. The molecule has 0 unspecified atom stereocenters. The molecule has 0 bridgehead atoms. The van der Waals surface area contributed by atoms with Crippen molar-refractivity contribution in [2.45, 2.75) is 82.1 Å². The van der Waals surface area contributed by atoms with Crippen LogP contribution in [0.4, 0.5) is 4.39 Å². The molecule has 0 amide bonds. The topological polar surface area (TPSA) is 23.9 Å². The highest BCUT2D eigenvalue weighted by molar-refractivity contribution is 6.15. The smallest absolute Gasteiger partial charge is 0.136 e. The quantitative estimate of drug-likeness (QED) is 0.354. The average molecular weight is 396 g/mol. The average Bonchev–Trinajstić information content (AvgIpc) is 2.67. The maximum Gasteiger partial charge on any atom is 0.136 e. The zero-order chi connectivity index (χ0) is 22.6. The van der Waals surface area contributed by atoms with Crippen molar-refractivity contribution in [1.82, 2.24) is 0 Å². The molecule has 1 nitrogen and oxygen atoms in total. The van der Waals surface area contributed by atoms with E-state index in [0.29, 0.717) is 17.5 Å². The van der Waals surface area contributed by atoms with E-state index in [1.165, 1.54) is 0 Å². The van der Waals surface area contributed by atoms with Gasteiger partial charge in [0, 0.05) is 11.1 Å². The molecule has 0 radical (unpaired) electrons. The summed E-state index contributed by atoms with van der Waals surface area (Å²) in [6, 6.07) is 0. The van der Waals surface area contributed by atoms with Crippen molar-refractivity contribution in [2.75, 3.05) is 0 Å². The summed E-state index contributed by atoms with van der Waals surface area (Å²) in [6.07, 6.45) is 3.52. The SMILES string of the molecule is C=C(C)c1c(C)c(F)c(C(=N)/C(C(C)=C(C)C)=C(C)\C(C)=C/C)c(CC)c1CC. The first kappa shape index (κ1) is 24.8. The molecule has 0 heterocycles. The van der Waals surface area contributed by atoms with E-state index in [4.69, 9.17) is 5.41 Å². The third kappa shape index (κ3) is 4.69. The van der Waals surface area contributed by atoms with Crippen molar-refractivity contribution in [3.05, 3.63) is 74.2 Å². The van der Waals surface area contributed by atoms with Crippen LogP contribution in [0.2, 0.25) is 0 Å². The van der Waals surface area contributed by atoms with Crippen molar-refractivity contribution in [1.29, 1.82) is 5.41 Å². The molecule has 0 fully saturated rings. The van der Waals surface area contributed by atoms with Crippen LogP contribution >= 0.6 is 0 Å². The van der Waals surface area contributed by atoms with E-state index < -0.39 is 0 Å². The lowest BCUT2D eigenvalue weighted by atomic mass is 9.80. The van der Waals surface area contributed by atoms with Crippen LogP contribution in [0.5, 0.6) is 0 Å². The van der Waals surface area contributed by atoms with Gasteiger partial charge in [0.15, 0.2) is 0 Å². The molecule has 0 aliphatic carbocycles. The summed E-state index contributed by atoms with van der Waals surface area (Å²) in [6.45, 7) is 24.2. The normalized spacial score (nSPS) is 12.6. The standard InChI is InChI=1S/C27H38FN/c1-12-17(8)19(10)24(18(9)15(4)5)27(29)25-22(14-3)21(13-2)23(16(6)7)20(11)26(25)28/h12,29H,6,13-14H2,1-5,7-11H3/b17-12-,24-19-,29-27?. The first-order chi connectivity index (χ1) is 13.5. The van der Waals surface area contributed by atoms with Gasteiger partial charge in [-0.2, -0.15) is 0 Å². The molecular formula is C27H38FN. The lowest BCUT2D eigenvalue weighted by molar-refractivity contribution is 0.611. The zero-order valence-corrected chi connectivity index (χ0v) is 20.1. The number of halogens is 1. The molecule has 1 aromatic rings. The minimum atomic E-state index is -0.285. The van der Waals surface area contributed by atoms with Gasteiger partial charge in [-0.1, -0.05) is 43.2 Å². The molecular weight excluding hydrogens is 357 g/mol. The molecule has 1 N–H and O–H groups in total. The minimum Gasteiger partial charge on any atom is -0.300 e. The lowest BCUT2D eigenvalue weighted by Crippen LogP contribution is -2.17. The van der Waals surface area contributed by atoms with E-state index >= 15 is 4.39 Å². The third-order valence-electron chi connectivity index (χ3n) is 6.05. The molecule has 0 saturated carbocycles. The van der Waals surface area contributed by atoms with Crippen LogP contribution in [-0.2, 0) is 12.8 Å². The molecule has 0 atom stereocenters. The van der Waals surface area contributed by atoms with Crippen molar-refractivity contribution in [3.63, 3.8) is 0 Å². The highest BCUT2D eigenvalue weighted by Crippen LogP contribution is 2.35. The minimum absolute atomic E-state index is 0.280. The van der Waals surface area contributed by atoms with E-state index in [9.17, 15) is 0 Å². The Morgan fingerprint density at radius 1 is 0.931 bits per heavy atom. The second kappa shape index (κ2) is 10.0. The maximum absolute atomic E-state index is 15.8. The van der Waals surface area contributed by atoms with Gasteiger partial charge in [0.25, 0.3) is 0 Å². The van der Waals surface area contributed by atoms with Gasteiger partial charge < -0.3 is 0 Å². The number of allylic oxidation sites excluding steroid dienone is 7. The predicted molar refractivity (Wildman–Crippen MR) is 128 cm³/mol. The van der Waals surface area contributed by atoms with Gasteiger partial charge in [-0.15, -0.1) is 0 Å². The maximum atomic E-state index is 15.8. The van der Waals surface area contributed by atoms with Crippen LogP contribution < -0.4 is 0 Å². The van der Waals surface area contributed by atoms with Crippen LogP contribution in [-0.4, -0.2) is 5.71 Å². The Kier molecular flexibility index (Phi) is 8.56. The number of rotatable bonds is 7. The Hall–Kier alpha value is -2.22. The first-order valence-corrected chi connectivity index (χ1v) is 10.5. The Labute approximate surface area is 177 Å². The van der Waals surface area contributed by atoms with E-state index in [1.54, 1.807) is 0 Å². The van der Waals surface area contributed by atoms with Crippen LogP contribution in [0.3, 0.4) is 0 Å². The van der Waals surface area contributed by atoms with E-state index in [2.05, 4.69) is 13.5 Å². The van der Waals surface area contributed by atoms with Gasteiger partial charge in [-0.05, 0) is 102 Å². The zero-order valence-electron chi connectivity index (χ0n) is 20.1. The molecule has 29 heavy (non-hydrogen) atoms. The first-order valence-electron chi connectivity index (χ1n) is 10.5. The van der Waals surface area contributed by atoms with E-state index in [0.717, 1.165) is 56.5 Å². The molecule has 0 spiro atoms. The molecule has 1 aromatic carbocycles. The second-order valence-corrected chi connectivity index (χ2v) is 8.11. The fourth-order valence-corrected chi connectivity index (χ4v) is 4.02. The molecule has 158 valence electrons. The molecule has 0 aliphatic heterocycles. The monoisotopic (exact) mass is 395 g/mol. The number of hydrogen-bond acceptors (Lipinski definition) is 1. The summed E-state index contributed by atoms with van der Waals surface area (Å²) in [7, 11) is 0. The number of hydrogen-bond donors (Lipinski definition) is 1. The van der Waals surface area contributed by atoms with Crippen molar-refractivity contribution in [3.8, 4) is 0 Å². The predicted octanol–water partition coefficient (Wildman–Crippen LogP) is 8.30. The van der Waals surface area contributed by atoms with Gasteiger partial charge in [0.05, 0.1) is 5.71 Å². The highest BCUT2D eigenvalue weighted by atomic mass is 19.1. The van der Waals surface area contributed by atoms with E-state index in [1.807, 2.05) is 68.4 Å². The van der Waals surface area contributed by atoms with Crippen LogP contribution in [0, 0.1) is 18.2 Å². The Balaban J connectivity index is 4.12. The summed E-state index contributed by atoms with van der Waals surface area (Å²) in [5.74, 6) is -0.285. The Bertz CT molecular complexity index is 932. The largest absolute Gasteiger partial charge is 0.300 e. The van der Waals surface area contributed by atoms with E-state index in [-0.39, 0.29) is 11.5 Å². The van der Waals surface area contributed by atoms with Gasteiger partial charge in [0.2, 0.25) is 0 Å². The Morgan fingerprint density at radius 3 is 1.79 bits per heavy atom. The molecule has 1 rings (SSSR count). The van der Waals surface area contributed by atoms with Gasteiger partial charge in [-0.3, -0.25) is 5.41 Å². The van der Waals surface area contributed by atoms with Crippen molar-refractivity contribution < 1.29 is 4.39 Å². The van der Waals surface area contributed by atoms with Crippen molar-refractivity contribution >= 4 is 11.3 Å². The third-order valence-corrected chi connectivity index (χ3v) is 6.05. The van der Waals surface area contributed by atoms with Crippen LogP contribution in [0.15, 0.2) is 40.5 Å². The van der Waals surface area contributed by atoms with Crippen LogP contribution in [0.25, 0.3) is 5.57 Å². The Morgan fingerprint density at radius 2 is 1.41 bits per heavy atom. The fraction of sp³-hybridized carbons (Fsp3) is 0.444. The summed E-state index contributed by atoms with van der Waals surface area (Å²) in [5.41, 5.74) is 10.3. The lowest BCUT2D eigenvalue weighted by Gasteiger charge is -2.24. The fourth-order valence-electron chi connectivity index (χ4n) is 4.02. The molecule has 2 heteroatoms. The van der Waals surface area contributed by atoms with Gasteiger partial charge >= 0.3 is 0 Å². The molecule has 0 saturated heterocycles. The summed E-state index contributed by atoms with van der Waals surface area (Å²) >= 11 is 0. The van der Waals surface area contributed by atoms with Gasteiger partial charge in [-0.25, -0.2) is 4.39 Å². The van der Waals surface area contributed by atoms with Crippen LogP contribution in [0.1, 0.15) is 90.1 Å². The summed E-state index contributed by atoms with van der Waals surface area (Å²) < 4.78 is 15.8. The second-order valence-electron chi connectivity index (χ2n) is 8.11. The summed E-state index contributed by atoms with van der Waals surface area (Å²) in [5, 5.41) is 9.16. The van der Waals surface area contributed by atoms with Crippen molar-refractivity contribution in [2.24, 2.45) is 0 Å². The van der Waals surface area contributed by atoms with Gasteiger partial charge in [0.1, 0.15) is 5.82 Å². The highest BCUT2D eigenvalue weighted by Gasteiger charge is 2.26.